The first-order valence-electron chi connectivity index (χ1n) is 6.34. The fourth-order valence-corrected chi connectivity index (χ4v) is 4.38. The molecule has 7 heteroatoms. The third kappa shape index (κ3) is 2.56. The van der Waals surface area contributed by atoms with Crippen molar-refractivity contribution in [2.75, 3.05) is 13.2 Å². The van der Waals surface area contributed by atoms with Crippen LogP contribution in [0.2, 0.25) is 0 Å². The Morgan fingerprint density at radius 3 is 2.75 bits per heavy atom. The molecule has 0 spiro atoms. The molecule has 110 valence electrons. The molecular weight excluding hydrogens is 282 g/mol. The van der Waals surface area contributed by atoms with Crippen molar-refractivity contribution in [2.45, 2.75) is 30.7 Å². The van der Waals surface area contributed by atoms with Crippen LogP contribution in [0.1, 0.15) is 28.8 Å². The first-order chi connectivity index (χ1) is 9.37. The van der Waals surface area contributed by atoms with Gasteiger partial charge < -0.3 is 10.2 Å². The zero-order valence-electron chi connectivity index (χ0n) is 11.1. The average molecular weight is 299 g/mol. The number of aliphatic hydroxyl groups excluding tert-OH is 1. The van der Waals surface area contributed by atoms with E-state index in [1.54, 1.807) is 6.92 Å². The van der Waals surface area contributed by atoms with Gasteiger partial charge in [-0.3, -0.25) is 0 Å². The topological polar surface area (TPSA) is 94.9 Å². The van der Waals surface area contributed by atoms with Crippen molar-refractivity contribution in [2.24, 2.45) is 0 Å². The molecule has 1 fully saturated rings. The fourth-order valence-electron chi connectivity index (χ4n) is 2.45. The summed E-state index contributed by atoms with van der Waals surface area (Å²) in [7, 11) is -3.78. The van der Waals surface area contributed by atoms with Crippen LogP contribution in [-0.2, 0) is 10.0 Å². The van der Waals surface area contributed by atoms with Crippen molar-refractivity contribution < 1.29 is 23.4 Å². The number of carboxylic acids is 1. The van der Waals surface area contributed by atoms with Gasteiger partial charge in [0.25, 0.3) is 0 Å². The molecule has 0 radical (unpaired) electrons. The lowest BCUT2D eigenvalue weighted by Gasteiger charge is -2.23. The number of aromatic carboxylic acids is 1. The van der Waals surface area contributed by atoms with Crippen LogP contribution in [0.4, 0.5) is 0 Å². The fraction of sp³-hybridized carbons (Fsp3) is 0.462. The Labute approximate surface area is 117 Å². The predicted molar refractivity (Wildman–Crippen MR) is 72.1 cm³/mol. The SMILES string of the molecule is Cc1ccc(C(=O)O)cc1S(=O)(=O)N1CCC[C@@H]1CO. The minimum atomic E-state index is -3.78. The molecule has 1 aromatic carbocycles. The number of benzene rings is 1. The molecule has 0 saturated carbocycles. The number of aryl methyl sites for hydroxylation is 1. The van der Waals surface area contributed by atoms with Crippen LogP contribution >= 0.6 is 0 Å². The summed E-state index contributed by atoms with van der Waals surface area (Å²) in [5.74, 6) is -1.17. The van der Waals surface area contributed by atoms with E-state index in [0.29, 0.717) is 24.9 Å². The average Bonchev–Trinajstić information content (AvgIpc) is 2.87. The van der Waals surface area contributed by atoms with Crippen LogP contribution in [0.25, 0.3) is 0 Å². The van der Waals surface area contributed by atoms with Crippen LogP contribution in [-0.4, -0.2) is 48.1 Å². The Morgan fingerprint density at radius 2 is 2.15 bits per heavy atom. The van der Waals surface area contributed by atoms with Gasteiger partial charge in [0.15, 0.2) is 0 Å². The molecule has 2 rings (SSSR count). The van der Waals surface area contributed by atoms with Crippen LogP contribution in [0.15, 0.2) is 23.1 Å². The molecule has 0 bridgehead atoms. The van der Waals surface area contributed by atoms with Gasteiger partial charge in [-0.1, -0.05) is 6.07 Å². The van der Waals surface area contributed by atoms with E-state index in [1.165, 1.54) is 22.5 Å². The Kier molecular flexibility index (Phi) is 4.12. The number of rotatable bonds is 4. The first kappa shape index (κ1) is 15.0. The van der Waals surface area contributed by atoms with Gasteiger partial charge in [-0.05, 0) is 37.5 Å². The Balaban J connectivity index is 2.48. The number of carboxylic acid groups (broad SMARTS) is 1. The van der Waals surface area contributed by atoms with E-state index in [1.807, 2.05) is 0 Å². The monoisotopic (exact) mass is 299 g/mol. The largest absolute Gasteiger partial charge is 0.478 e. The number of nitrogens with zero attached hydrogens (tertiary/aromatic N) is 1. The molecule has 2 N–H and O–H groups in total. The molecule has 1 atom stereocenters. The number of aliphatic hydroxyl groups is 1. The normalized spacial score (nSPS) is 20.2. The summed E-state index contributed by atoms with van der Waals surface area (Å²) in [6, 6.07) is 3.62. The van der Waals surface area contributed by atoms with E-state index in [0.717, 1.165) is 0 Å². The Bertz CT molecular complexity index is 626. The number of hydrogen-bond acceptors (Lipinski definition) is 4. The highest BCUT2D eigenvalue weighted by Gasteiger charge is 2.35. The van der Waals surface area contributed by atoms with Gasteiger partial charge in [-0.15, -0.1) is 0 Å². The maximum atomic E-state index is 12.6. The number of sulfonamides is 1. The molecule has 1 aliphatic heterocycles. The van der Waals surface area contributed by atoms with Gasteiger partial charge in [-0.25, -0.2) is 13.2 Å². The highest BCUT2D eigenvalue weighted by Crippen LogP contribution is 2.28. The number of hydrogen-bond donors (Lipinski definition) is 2. The van der Waals surface area contributed by atoms with Gasteiger partial charge in [0.1, 0.15) is 0 Å². The summed E-state index contributed by atoms with van der Waals surface area (Å²) >= 11 is 0. The van der Waals surface area contributed by atoms with Crippen LogP contribution in [0.5, 0.6) is 0 Å². The van der Waals surface area contributed by atoms with Crippen molar-refractivity contribution in [3.63, 3.8) is 0 Å². The summed E-state index contributed by atoms with van der Waals surface area (Å²) in [6.07, 6.45) is 1.32. The van der Waals surface area contributed by atoms with Crippen molar-refractivity contribution >= 4 is 16.0 Å². The molecule has 1 heterocycles. The van der Waals surface area contributed by atoms with E-state index >= 15 is 0 Å². The van der Waals surface area contributed by atoms with Gasteiger partial charge in [-0.2, -0.15) is 4.31 Å². The van der Waals surface area contributed by atoms with Crippen LogP contribution in [0, 0.1) is 6.92 Å². The van der Waals surface area contributed by atoms with Crippen molar-refractivity contribution in [1.82, 2.24) is 4.31 Å². The standard InChI is InChI=1S/C13H17NO5S/c1-9-4-5-10(13(16)17)7-12(9)20(18,19)14-6-2-3-11(14)8-15/h4-5,7,11,15H,2-3,6,8H2,1H3,(H,16,17)/t11-/m1/s1. The third-order valence-electron chi connectivity index (χ3n) is 3.56. The highest BCUT2D eigenvalue weighted by molar-refractivity contribution is 7.89. The zero-order chi connectivity index (χ0) is 14.9. The molecule has 1 aliphatic rings. The Morgan fingerprint density at radius 1 is 1.45 bits per heavy atom. The minimum Gasteiger partial charge on any atom is -0.478 e. The van der Waals surface area contributed by atoms with Gasteiger partial charge in [0.2, 0.25) is 10.0 Å². The zero-order valence-corrected chi connectivity index (χ0v) is 11.9. The maximum Gasteiger partial charge on any atom is 0.335 e. The maximum absolute atomic E-state index is 12.6. The molecule has 0 amide bonds. The summed E-state index contributed by atoms with van der Waals surface area (Å²) < 4.78 is 26.5. The predicted octanol–water partition coefficient (Wildman–Crippen LogP) is 0.839. The minimum absolute atomic E-state index is 0.00208. The summed E-state index contributed by atoms with van der Waals surface area (Å²) in [4.78, 5) is 11.0. The van der Waals surface area contributed by atoms with E-state index in [4.69, 9.17) is 5.11 Å². The van der Waals surface area contributed by atoms with Crippen molar-refractivity contribution in [3.05, 3.63) is 29.3 Å². The highest BCUT2D eigenvalue weighted by atomic mass is 32.2. The van der Waals surface area contributed by atoms with E-state index in [-0.39, 0.29) is 17.1 Å². The van der Waals surface area contributed by atoms with Crippen molar-refractivity contribution in [3.8, 4) is 0 Å². The smallest absolute Gasteiger partial charge is 0.335 e. The summed E-state index contributed by atoms with van der Waals surface area (Å²) in [5, 5.41) is 18.2. The first-order valence-corrected chi connectivity index (χ1v) is 7.78. The van der Waals surface area contributed by atoms with E-state index in [9.17, 15) is 18.3 Å². The second-order valence-corrected chi connectivity index (χ2v) is 6.74. The quantitative estimate of drug-likeness (QED) is 0.859. The van der Waals surface area contributed by atoms with Gasteiger partial charge in [0.05, 0.1) is 17.1 Å². The lowest BCUT2D eigenvalue weighted by Crippen LogP contribution is -2.38. The Hall–Kier alpha value is -1.44. The third-order valence-corrected chi connectivity index (χ3v) is 5.65. The van der Waals surface area contributed by atoms with Crippen LogP contribution in [0.3, 0.4) is 0 Å². The summed E-state index contributed by atoms with van der Waals surface area (Å²) in [5.41, 5.74) is 0.438. The molecule has 20 heavy (non-hydrogen) atoms. The molecule has 1 aromatic rings. The molecular formula is C13H17NO5S. The molecule has 6 nitrogen and oxygen atoms in total. The molecule has 1 saturated heterocycles. The van der Waals surface area contributed by atoms with Gasteiger partial charge in [0, 0.05) is 12.6 Å². The summed E-state index contributed by atoms with van der Waals surface area (Å²) in [6.45, 7) is 1.75. The van der Waals surface area contributed by atoms with E-state index < -0.39 is 22.0 Å². The second kappa shape index (κ2) is 5.51. The second-order valence-electron chi connectivity index (χ2n) is 4.88. The number of carbonyl (C=O) groups is 1. The lowest BCUT2D eigenvalue weighted by molar-refractivity contribution is 0.0696. The van der Waals surface area contributed by atoms with Crippen LogP contribution < -0.4 is 0 Å². The van der Waals surface area contributed by atoms with Crippen molar-refractivity contribution in [1.29, 1.82) is 0 Å². The molecule has 0 aromatic heterocycles. The molecule has 0 aliphatic carbocycles. The lowest BCUT2D eigenvalue weighted by atomic mass is 10.1. The van der Waals surface area contributed by atoms with Gasteiger partial charge >= 0.3 is 5.97 Å². The van der Waals surface area contributed by atoms with E-state index in [2.05, 4.69) is 0 Å². The molecule has 0 unspecified atom stereocenters.